The summed E-state index contributed by atoms with van der Waals surface area (Å²) in [6.07, 6.45) is 4.39. The molecule has 0 bridgehead atoms. The van der Waals surface area contributed by atoms with Crippen molar-refractivity contribution in [2.45, 2.75) is 65.2 Å². The van der Waals surface area contributed by atoms with E-state index in [0.29, 0.717) is 34.8 Å². The second-order valence-electron chi connectivity index (χ2n) is 9.81. The molecule has 3 atom stereocenters. The maximum Gasteiger partial charge on any atom is 0.343 e. The highest BCUT2D eigenvalue weighted by atomic mass is 19.1. The number of cyclic esters (lactones) is 1. The quantitative estimate of drug-likeness (QED) is 0.683. The van der Waals surface area contributed by atoms with E-state index in [1.165, 1.54) is 11.6 Å². The smallest absolute Gasteiger partial charge is 0.343 e. The minimum atomic E-state index is -1.85. The van der Waals surface area contributed by atoms with Crippen LogP contribution in [0.25, 0.3) is 0 Å². The predicted octanol–water partition coefficient (Wildman–Crippen LogP) is 3.56. The van der Waals surface area contributed by atoms with Gasteiger partial charge in [-0.2, -0.15) is 0 Å². The Labute approximate surface area is 184 Å². The molecule has 5 aliphatic rings. The van der Waals surface area contributed by atoms with Gasteiger partial charge < -0.3 is 14.4 Å². The Kier molecular flexibility index (Phi) is 3.82. The summed E-state index contributed by atoms with van der Waals surface area (Å²) in [5.41, 5.74) is 3.17. The zero-order valence-corrected chi connectivity index (χ0v) is 18.4. The van der Waals surface area contributed by atoms with Crippen molar-refractivity contribution in [3.05, 3.63) is 67.6 Å². The van der Waals surface area contributed by atoms with Crippen LogP contribution in [0.4, 0.5) is 4.39 Å². The van der Waals surface area contributed by atoms with Gasteiger partial charge in [-0.25, -0.2) is 9.18 Å². The number of aromatic nitrogens is 1. The van der Waals surface area contributed by atoms with Gasteiger partial charge in [-0.15, -0.1) is 0 Å². The van der Waals surface area contributed by atoms with Crippen LogP contribution in [0.3, 0.4) is 0 Å². The molecular formula is C25H25FN2O4. The summed E-state index contributed by atoms with van der Waals surface area (Å²) in [4.78, 5) is 30.7. The van der Waals surface area contributed by atoms with E-state index in [-0.39, 0.29) is 35.7 Å². The normalized spacial score (nSPS) is 32.5. The van der Waals surface area contributed by atoms with E-state index in [1.807, 2.05) is 6.92 Å². The summed E-state index contributed by atoms with van der Waals surface area (Å²) in [7, 11) is 0. The minimum absolute atomic E-state index is 0.0200. The number of nitrogens with zero attached hydrogens (tertiary/aromatic N) is 2. The first kappa shape index (κ1) is 19.9. The van der Waals surface area contributed by atoms with Crippen molar-refractivity contribution in [3.8, 4) is 0 Å². The Morgan fingerprint density at radius 1 is 1.38 bits per heavy atom. The molecule has 1 fully saturated rings. The molecule has 4 heterocycles. The number of aliphatic imine (C=N–C) groups is 1. The number of rotatable bonds is 1. The third-order valence-electron chi connectivity index (χ3n) is 8.43. The van der Waals surface area contributed by atoms with Crippen molar-refractivity contribution in [1.29, 1.82) is 0 Å². The van der Waals surface area contributed by atoms with E-state index in [0.717, 1.165) is 30.4 Å². The first-order chi connectivity index (χ1) is 15.2. The third-order valence-corrected chi connectivity index (χ3v) is 8.43. The van der Waals surface area contributed by atoms with Crippen LogP contribution in [-0.4, -0.2) is 21.4 Å². The Morgan fingerprint density at radius 2 is 2.16 bits per heavy atom. The zero-order chi connectivity index (χ0) is 22.6. The van der Waals surface area contributed by atoms with Crippen molar-refractivity contribution in [3.63, 3.8) is 0 Å². The lowest BCUT2D eigenvalue weighted by Gasteiger charge is -2.48. The van der Waals surface area contributed by atoms with Crippen LogP contribution in [0.5, 0.6) is 0 Å². The van der Waals surface area contributed by atoms with Crippen molar-refractivity contribution < 1.29 is 19.0 Å². The van der Waals surface area contributed by atoms with Gasteiger partial charge in [-0.1, -0.05) is 19.4 Å². The number of esters is 1. The summed E-state index contributed by atoms with van der Waals surface area (Å²) >= 11 is 0. The monoisotopic (exact) mass is 436 g/mol. The molecule has 1 aromatic rings. The molecule has 7 heteroatoms. The molecule has 2 unspecified atom stereocenters. The van der Waals surface area contributed by atoms with Crippen LogP contribution >= 0.6 is 0 Å². The average Bonchev–Trinajstić information content (AvgIpc) is 3.14. The van der Waals surface area contributed by atoms with E-state index >= 15 is 0 Å². The minimum Gasteiger partial charge on any atom is -0.458 e. The topological polar surface area (TPSA) is 80.9 Å². The van der Waals surface area contributed by atoms with Gasteiger partial charge in [-0.3, -0.25) is 9.79 Å². The molecule has 32 heavy (non-hydrogen) atoms. The van der Waals surface area contributed by atoms with Gasteiger partial charge in [0.2, 0.25) is 0 Å². The first-order valence-electron chi connectivity index (χ1n) is 11.3. The summed E-state index contributed by atoms with van der Waals surface area (Å²) < 4.78 is 21.7. The molecule has 2 aliphatic carbocycles. The number of dihydropyridines is 1. The highest BCUT2D eigenvalue weighted by Crippen LogP contribution is 2.58. The largest absolute Gasteiger partial charge is 0.458 e. The van der Waals surface area contributed by atoms with Gasteiger partial charge in [-0.05, 0) is 55.9 Å². The predicted molar refractivity (Wildman–Crippen MR) is 116 cm³/mol. The molecule has 3 aliphatic heterocycles. The molecule has 1 saturated carbocycles. The van der Waals surface area contributed by atoms with Crippen molar-refractivity contribution in [1.82, 2.24) is 4.57 Å². The zero-order valence-electron chi connectivity index (χ0n) is 18.4. The van der Waals surface area contributed by atoms with Crippen LogP contribution in [-0.2, 0) is 28.3 Å². The fourth-order valence-corrected chi connectivity index (χ4v) is 6.39. The summed E-state index contributed by atoms with van der Waals surface area (Å²) in [5.74, 6) is -0.942. The van der Waals surface area contributed by atoms with Crippen LogP contribution in [0.1, 0.15) is 63.3 Å². The average molecular weight is 436 g/mol. The van der Waals surface area contributed by atoms with Gasteiger partial charge in [0, 0.05) is 16.9 Å². The molecule has 0 spiro atoms. The number of hydrogen-bond donors (Lipinski definition) is 1. The molecule has 0 amide bonds. The molecule has 0 aromatic carbocycles. The molecule has 0 radical (unpaired) electrons. The van der Waals surface area contributed by atoms with Gasteiger partial charge in [0.1, 0.15) is 12.4 Å². The van der Waals surface area contributed by atoms with Crippen molar-refractivity contribution in [2.75, 3.05) is 0 Å². The number of allylic oxidation sites excluding steroid dienone is 5. The Bertz CT molecular complexity index is 1310. The van der Waals surface area contributed by atoms with Gasteiger partial charge >= 0.3 is 5.97 Å². The highest BCUT2D eigenvalue weighted by molar-refractivity contribution is 6.15. The summed E-state index contributed by atoms with van der Waals surface area (Å²) in [6, 6.07) is 1.72. The molecule has 6 nitrogen and oxygen atoms in total. The lowest BCUT2D eigenvalue weighted by atomic mass is 9.57. The maximum atomic E-state index is 14.9. The fraction of sp³-hybridized carbons (Fsp3) is 0.480. The van der Waals surface area contributed by atoms with E-state index in [2.05, 4.69) is 6.92 Å². The lowest BCUT2D eigenvalue weighted by Crippen LogP contribution is -2.44. The van der Waals surface area contributed by atoms with Crippen LogP contribution in [0, 0.1) is 11.3 Å². The van der Waals surface area contributed by atoms with Gasteiger partial charge in [0.05, 0.1) is 29.2 Å². The summed E-state index contributed by atoms with van der Waals surface area (Å²) in [6.45, 7) is 5.94. The molecule has 1 N–H and O–H groups in total. The van der Waals surface area contributed by atoms with Crippen molar-refractivity contribution in [2.24, 2.45) is 16.3 Å². The second kappa shape index (κ2) is 6.16. The third kappa shape index (κ3) is 2.20. The SMILES string of the molecule is CC[C@@]1(O)C(=O)OCc2c1cc1n(c2=O)CC2=C3CCCC4(C)C(C)=C(F)C=C(N=C21)C34. The number of aliphatic hydroxyl groups is 1. The van der Waals surface area contributed by atoms with E-state index in [4.69, 9.17) is 9.73 Å². The lowest BCUT2D eigenvalue weighted by molar-refractivity contribution is -0.172. The molecule has 0 saturated heterocycles. The van der Waals surface area contributed by atoms with Crippen LogP contribution in [0.15, 0.2) is 50.2 Å². The number of ether oxygens (including phenoxy) is 1. The number of carbonyl (C=O) groups is 1. The number of halogens is 1. The Morgan fingerprint density at radius 3 is 2.91 bits per heavy atom. The summed E-state index contributed by atoms with van der Waals surface area (Å²) in [5, 5.41) is 11.0. The van der Waals surface area contributed by atoms with Gasteiger partial charge in [0.15, 0.2) is 5.60 Å². The first-order valence-corrected chi connectivity index (χ1v) is 11.3. The molecule has 166 valence electrons. The molecule has 1 aromatic heterocycles. The van der Waals surface area contributed by atoms with E-state index in [9.17, 15) is 19.1 Å². The molecular weight excluding hydrogens is 411 g/mol. The number of pyridine rings is 1. The highest BCUT2D eigenvalue weighted by Gasteiger charge is 2.51. The second-order valence-corrected chi connectivity index (χ2v) is 9.81. The Hall–Kier alpha value is -2.80. The van der Waals surface area contributed by atoms with E-state index in [1.54, 1.807) is 17.6 Å². The van der Waals surface area contributed by atoms with Crippen molar-refractivity contribution >= 4 is 11.7 Å². The number of carbonyl (C=O) groups excluding carboxylic acids is 1. The van der Waals surface area contributed by atoms with Crippen LogP contribution in [0.2, 0.25) is 0 Å². The molecule has 6 rings (SSSR count). The van der Waals surface area contributed by atoms with Crippen LogP contribution < -0.4 is 5.56 Å². The van der Waals surface area contributed by atoms with Gasteiger partial charge in [0.25, 0.3) is 5.56 Å². The van der Waals surface area contributed by atoms with E-state index < -0.39 is 11.6 Å². The fourth-order valence-electron chi connectivity index (χ4n) is 6.39. The number of fused-ring (bicyclic) bond motifs is 4. The maximum absolute atomic E-state index is 14.9. The Balaban J connectivity index is 1.61. The number of hydrogen-bond acceptors (Lipinski definition) is 5. The standard InChI is InChI=1S/C25H25FN2O4/c1-4-25(31)16-8-19-21-14(10-28(19)22(29)15(16)11-32-23(25)30)13-6-5-7-24(3)12(2)17(26)9-18(27-21)20(13)24/h8-9,20,31H,4-7,10-11H2,1-3H3/t20?,24?,25-/m0/s1.